The Morgan fingerprint density at radius 2 is 2.47 bits per heavy atom. The lowest BCUT2D eigenvalue weighted by Gasteiger charge is -2.19. The Morgan fingerprint density at radius 1 is 1.60 bits per heavy atom. The summed E-state index contributed by atoms with van der Waals surface area (Å²) in [6.07, 6.45) is 5.82. The van der Waals surface area contributed by atoms with Crippen LogP contribution in [-0.2, 0) is 0 Å². The minimum Gasteiger partial charge on any atom is -0.370 e. The molecule has 1 fully saturated rings. The van der Waals surface area contributed by atoms with Crippen LogP contribution in [0.4, 0.5) is 5.69 Å². The van der Waals surface area contributed by atoms with E-state index in [2.05, 4.69) is 9.88 Å². The Bertz CT molecular complexity index is 329. The molecule has 2 rings (SSSR count). The smallest absolute Gasteiger partial charge is 0.0822 e. The standard InChI is InChI=1S/C11H16ClN3/c12-10-7-14-5-2-11(10)15-6-3-9(8-15)1-4-13/h2,5,7,9H,1,3-4,6,8,13H2. The van der Waals surface area contributed by atoms with Gasteiger partial charge < -0.3 is 10.6 Å². The fraction of sp³-hybridized carbons (Fsp3) is 0.545. The Kier molecular flexibility index (Phi) is 3.44. The van der Waals surface area contributed by atoms with Crippen LogP contribution in [0.15, 0.2) is 18.5 Å². The Labute approximate surface area is 95.2 Å². The molecule has 0 aliphatic carbocycles. The van der Waals surface area contributed by atoms with Crippen molar-refractivity contribution in [3.05, 3.63) is 23.5 Å². The molecule has 0 amide bonds. The summed E-state index contributed by atoms with van der Waals surface area (Å²) in [7, 11) is 0. The number of halogens is 1. The molecule has 1 unspecified atom stereocenters. The predicted octanol–water partition coefficient (Wildman–Crippen LogP) is 1.91. The average Bonchev–Trinajstić information content (AvgIpc) is 2.68. The fourth-order valence-corrected chi connectivity index (χ4v) is 2.39. The van der Waals surface area contributed by atoms with E-state index in [9.17, 15) is 0 Å². The topological polar surface area (TPSA) is 42.1 Å². The van der Waals surface area contributed by atoms with Crippen molar-refractivity contribution in [1.29, 1.82) is 0 Å². The summed E-state index contributed by atoms with van der Waals surface area (Å²) in [5, 5.41) is 0.742. The number of nitrogens with zero attached hydrogens (tertiary/aromatic N) is 2. The summed E-state index contributed by atoms with van der Waals surface area (Å²) >= 11 is 6.10. The normalized spacial score (nSPS) is 20.9. The molecule has 0 radical (unpaired) electrons. The van der Waals surface area contributed by atoms with E-state index in [1.165, 1.54) is 6.42 Å². The Morgan fingerprint density at radius 3 is 3.20 bits per heavy atom. The lowest BCUT2D eigenvalue weighted by molar-refractivity contribution is 0.546. The van der Waals surface area contributed by atoms with Gasteiger partial charge in [0.05, 0.1) is 10.7 Å². The van der Waals surface area contributed by atoms with Crippen LogP contribution in [0.2, 0.25) is 5.02 Å². The molecule has 0 bridgehead atoms. The van der Waals surface area contributed by atoms with Crippen molar-refractivity contribution in [3.63, 3.8) is 0 Å². The van der Waals surface area contributed by atoms with E-state index in [0.29, 0.717) is 0 Å². The third-order valence-electron chi connectivity index (χ3n) is 2.95. The summed E-state index contributed by atoms with van der Waals surface area (Å²) in [5.74, 6) is 0.722. The van der Waals surface area contributed by atoms with E-state index < -0.39 is 0 Å². The van der Waals surface area contributed by atoms with E-state index in [0.717, 1.165) is 42.7 Å². The van der Waals surface area contributed by atoms with E-state index in [1.807, 2.05) is 6.07 Å². The maximum absolute atomic E-state index is 6.10. The third kappa shape index (κ3) is 2.41. The Balaban J connectivity index is 2.04. The molecule has 15 heavy (non-hydrogen) atoms. The van der Waals surface area contributed by atoms with Gasteiger partial charge in [-0.25, -0.2) is 0 Å². The minimum absolute atomic E-state index is 0.722. The highest BCUT2D eigenvalue weighted by Gasteiger charge is 2.23. The van der Waals surface area contributed by atoms with Gasteiger partial charge in [0, 0.05) is 25.5 Å². The zero-order valence-corrected chi connectivity index (χ0v) is 9.45. The van der Waals surface area contributed by atoms with Crippen molar-refractivity contribution in [1.82, 2.24) is 4.98 Å². The zero-order chi connectivity index (χ0) is 10.7. The molecule has 0 saturated carbocycles. The number of aromatic nitrogens is 1. The SMILES string of the molecule is NCCC1CCN(c2ccncc2Cl)C1. The van der Waals surface area contributed by atoms with Crippen LogP contribution in [0.25, 0.3) is 0 Å². The molecule has 1 saturated heterocycles. The minimum atomic E-state index is 0.722. The van der Waals surface area contributed by atoms with Crippen molar-refractivity contribution in [2.75, 3.05) is 24.5 Å². The molecule has 4 heteroatoms. The second kappa shape index (κ2) is 4.81. The molecule has 1 atom stereocenters. The van der Waals surface area contributed by atoms with Crippen LogP contribution in [-0.4, -0.2) is 24.6 Å². The first kappa shape index (κ1) is 10.7. The second-order valence-electron chi connectivity index (χ2n) is 4.01. The van der Waals surface area contributed by atoms with Crippen LogP contribution in [0.3, 0.4) is 0 Å². The van der Waals surface area contributed by atoms with Gasteiger partial charge in [0.25, 0.3) is 0 Å². The molecule has 82 valence electrons. The molecule has 2 N–H and O–H groups in total. The molecule has 0 spiro atoms. The van der Waals surface area contributed by atoms with Crippen LogP contribution in [0.1, 0.15) is 12.8 Å². The van der Waals surface area contributed by atoms with Gasteiger partial charge in [-0.15, -0.1) is 0 Å². The molecule has 0 aromatic carbocycles. The predicted molar refractivity (Wildman–Crippen MR) is 63.2 cm³/mol. The highest BCUT2D eigenvalue weighted by atomic mass is 35.5. The number of nitrogens with two attached hydrogens (primary N) is 1. The van der Waals surface area contributed by atoms with E-state index >= 15 is 0 Å². The van der Waals surface area contributed by atoms with Crippen molar-refractivity contribution in [2.24, 2.45) is 11.7 Å². The van der Waals surface area contributed by atoms with Crippen molar-refractivity contribution >= 4 is 17.3 Å². The highest BCUT2D eigenvalue weighted by Crippen LogP contribution is 2.30. The maximum atomic E-state index is 6.10. The van der Waals surface area contributed by atoms with Gasteiger partial charge in [-0.2, -0.15) is 0 Å². The summed E-state index contributed by atoms with van der Waals surface area (Å²) in [5.41, 5.74) is 6.67. The van der Waals surface area contributed by atoms with E-state index in [-0.39, 0.29) is 0 Å². The van der Waals surface area contributed by atoms with Gasteiger partial charge in [-0.3, -0.25) is 4.98 Å². The van der Waals surface area contributed by atoms with Crippen LogP contribution >= 0.6 is 11.6 Å². The van der Waals surface area contributed by atoms with Gasteiger partial charge in [-0.1, -0.05) is 11.6 Å². The van der Waals surface area contributed by atoms with Crippen LogP contribution in [0, 0.1) is 5.92 Å². The molecule has 1 aliphatic rings. The first-order valence-electron chi connectivity index (χ1n) is 5.36. The van der Waals surface area contributed by atoms with Crippen molar-refractivity contribution < 1.29 is 0 Å². The Hall–Kier alpha value is -0.800. The van der Waals surface area contributed by atoms with E-state index in [1.54, 1.807) is 12.4 Å². The molecule has 1 aromatic heterocycles. The second-order valence-corrected chi connectivity index (χ2v) is 4.41. The number of pyridine rings is 1. The highest BCUT2D eigenvalue weighted by molar-refractivity contribution is 6.33. The van der Waals surface area contributed by atoms with Crippen LogP contribution < -0.4 is 10.6 Å². The molecule has 3 nitrogen and oxygen atoms in total. The fourth-order valence-electron chi connectivity index (χ4n) is 2.15. The molecular formula is C11H16ClN3. The summed E-state index contributed by atoms with van der Waals surface area (Å²) < 4.78 is 0. The monoisotopic (exact) mass is 225 g/mol. The summed E-state index contributed by atoms with van der Waals surface area (Å²) in [4.78, 5) is 6.32. The average molecular weight is 226 g/mol. The largest absolute Gasteiger partial charge is 0.370 e. The van der Waals surface area contributed by atoms with Gasteiger partial charge in [0.15, 0.2) is 0 Å². The third-order valence-corrected chi connectivity index (χ3v) is 3.24. The zero-order valence-electron chi connectivity index (χ0n) is 8.69. The molecule has 1 aliphatic heterocycles. The lowest BCUT2D eigenvalue weighted by atomic mass is 10.1. The number of hydrogen-bond donors (Lipinski definition) is 1. The van der Waals surface area contributed by atoms with Crippen molar-refractivity contribution in [3.8, 4) is 0 Å². The number of hydrogen-bond acceptors (Lipinski definition) is 3. The molecule has 1 aromatic rings. The first-order chi connectivity index (χ1) is 7.31. The van der Waals surface area contributed by atoms with Gasteiger partial charge >= 0.3 is 0 Å². The number of anilines is 1. The molecular weight excluding hydrogens is 210 g/mol. The summed E-state index contributed by atoms with van der Waals surface area (Å²) in [6, 6.07) is 1.98. The lowest BCUT2D eigenvalue weighted by Crippen LogP contribution is -2.20. The van der Waals surface area contributed by atoms with Gasteiger partial charge in [0.1, 0.15) is 0 Å². The van der Waals surface area contributed by atoms with E-state index in [4.69, 9.17) is 17.3 Å². The van der Waals surface area contributed by atoms with Gasteiger partial charge in [-0.05, 0) is 31.4 Å². The van der Waals surface area contributed by atoms with Gasteiger partial charge in [0.2, 0.25) is 0 Å². The van der Waals surface area contributed by atoms with Crippen LogP contribution in [0.5, 0.6) is 0 Å². The summed E-state index contributed by atoms with van der Waals surface area (Å²) in [6.45, 7) is 2.93. The van der Waals surface area contributed by atoms with Crippen molar-refractivity contribution in [2.45, 2.75) is 12.8 Å². The maximum Gasteiger partial charge on any atom is 0.0822 e. The molecule has 2 heterocycles. The number of rotatable bonds is 3. The quantitative estimate of drug-likeness (QED) is 0.855. The first-order valence-corrected chi connectivity index (χ1v) is 5.73.